The van der Waals surface area contributed by atoms with E-state index >= 15 is 0 Å². The summed E-state index contributed by atoms with van der Waals surface area (Å²) in [5.41, 5.74) is 2.04. The molecular formula is C9H15N3O. The molecule has 0 spiro atoms. The highest BCUT2D eigenvalue weighted by Crippen LogP contribution is 2.23. The van der Waals surface area contributed by atoms with Crippen LogP contribution < -0.4 is 5.32 Å². The third-order valence-corrected chi connectivity index (χ3v) is 2.57. The van der Waals surface area contributed by atoms with Gasteiger partial charge in [0.05, 0.1) is 12.3 Å². The average Bonchev–Trinajstić information content (AvgIpc) is 2.56. The number of aromatic nitrogens is 2. The van der Waals surface area contributed by atoms with Gasteiger partial charge in [-0.1, -0.05) is 0 Å². The summed E-state index contributed by atoms with van der Waals surface area (Å²) < 4.78 is 2.18. The van der Waals surface area contributed by atoms with E-state index in [0.717, 1.165) is 24.6 Å². The van der Waals surface area contributed by atoms with Crippen molar-refractivity contribution in [3.63, 3.8) is 0 Å². The van der Waals surface area contributed by atoms with E-state index in [1.807, 2.05) is 7.05 Å². The molecule has 0 saturated carbocycles. The zero-order valence-electron chi connectivity index (χ0n) is 7.88. The fourth-order valence-corrected chi connectivity index (χ4v) is 1.94. The molecule has 0 bridgehead atoms. The molecule has 0 radical (unpaired) electrons. The van der Waals surface area contributed by atoms with E-state index < -0.39 is 0 Å². The number of fused-ring (bicyclic) bond motifs is 1. The quantitative estimate of drug-likeness (QED) is 0.708. The van der Waals surface area contributed by atoms with Gasteiger partial charge in [0.1, 0.15) is 0 Å². The molecule has 1 aliphatic heterocycles. The van der Waals surface area contributed by atoms with Gasteiger partial charge in [-0.15, -0.1) is 0 Å². The Morgan fingerprint density at radius 3 is 3.08 bits per heavy atom. The van der Waals surface area contributed by atoms with Gasteiger partial charge in [0.2, 0.25) is 5.95 Å². The van der Waals surface area contributed by atoms with E-state index in [4.69, 9.17) is 5.11 Å². The first-order valence-electron chi connectivity index (χ1n) is 4.73. The van der Waals surface area contributed by atoms with Gasteiger partial charge in [-0.05, 0) is 19.3 Å². The molecule has 1 aromatic rings. The summed E-state index contributed by atoms with van der Waals surface area (Å²) in [4.78, 5) is 4.33. The summed E-state index contributed by atoms with van der Waals surface area (Å²) in [6, 6.07) is 0. The molecule has 0 saturated heterocycles. The third kappa shape index (κ3) is 1.31. The van der Waals surface area contributed by atoms with E-state index in [2.05, 4.69) is 14.9 Å². The Kier molecular flexibility index (Phi) is 2.22. The van der Waals surface area contributed by atoms with Crippen molar-refractivity contribution in [1.82, 2.24) is 9.55 Å². The maximum atomic E-state index is 9.10. The number of imidazole rings is 1. The largest absolute Gasteiger partial charge is 0.390 e. The first kappa shape index (κ1) is 8.56. The SMILES string of the molecule is CNc1nc(CO)c2n1CCCC2. The number of hydrogen-bond acceptors (Lipinski definition) is 3. The van der Waals surface area contributed by atoms with Crippen LogP contribution in [0.15, 0.2) is 0 Å². The summed E-state index contributed by atoms with van der Waals surface area (Å²) in [6.45, 7) is 1.08. The lowest BCUT2D eigenvalue weighted by Gasteiger charge is -2.16. The van der Waals surface area contributed by atoms with Crippen molar-refractivity contribution in [2.45, 2.75) is 32.4 Å². The molecule has 4 nitrogen and oxygen atoms in total. The van der Waals surface area contributed by atoms with Crippen molar-refractivity contribution in [1.29, 1.82) is 0 Å². The minimum Gasteiger partial charge on any atom is -0.390 e. The third-order valence-electron chi connectivity index (χ3n) is 2.57. The van der Waals surface area contributed by atoms with Crippen LogP contribution in [0.2, 0.25) is 0 Å². The van der Waals surface area contributed by atoms with Crippen molar-refractivity contribution < 1.29 is 5.11 Å². The van der Waals surface area contributed by atoms with Crippen molar-refractivity contribution in [2.75, 3.05) is 12.4 Å². The van der Waals surface area contributed by atoms with Crippen LogP contribution in [-0.2, 0) is 19.6 Å². The fourth-order valence-electron chi connectivity index (χ4n) is 1.94. The number of nitrogens with zero attached hydrogens (tertiary/aromatic N) is 2. The molecule has 2 heterocycles. The Bertz CT molecular complexity index is 278. The molecule has 13 heavy (non-hydrogen) atoms. The average molecular weight is 181 g/mol. The van der Waals surface area contributed by atoms with Crippen LogP contribution in [0.5, 0.6) is 0 Å². The molecule has 0 amide bonds. The molecule has 0 aliphatic carbocycles. The van der Waals surface area contributed by atoms with Gasteiger partial charge >= 0.3 is 0 Å². The number of hydrogen-bond donors (Lipinski definition) is 2. The molecule has 0 aromatic carbocycles. The minimum absolute atomic E-state index is 0.0526. The number of anilines is 1. The lowest BCUT2D eigenvalue weighted by Crippen LogP contribution is -2.12. The molecule has 0 unspecified atom stereocenters. The second kappa shape index (κ2) is 3.38. The van der Waals surface area contributed by atoms with Gasteiger partial charge < -0.3 is 15.0 Å². The number of rotatable bonds is 2. The van der Waals surface area contributed by atoms with Crippen molar-refractivity contribution in [2.24, 2.45) is 0 Å². The van der Waals surface area contributed by atoms with E-state index in [1.54, 1.807) is 0 Å². The minimum atomic E-state index is 0.0526. The molecule has 2 rings (SSSR count). The Labute approximate surface area is 77.6 Å². The molecule has 0 atom stereocenters. The zero-order valence-corrected chi connectivity index (χ0v) is 7.88. The lowest BCUT2D eigenvalue weighted by atomic mass is 10.1. The van der Waals surface area contributed by atoms with E-state index in [0.29, 0.717) is 0 Å². The Morgan fingerprint density at radius 2 is 2.38 bits per heavy atom. The summed E-state index contributed by atoms with van der Waals surface area (Å²) in [5, 5.41) is 12.1. The van der Waals surface area contributed by atoms with Crippen LogP contribution in [0.4, 0.5) is 5.95 Å². The van der Waals surface area contributed by atoms with E-state index in [-0.39, 0.29) is 6.61 Å². The van der Waals surface area contributed by atoms with Crippen LogP contribution in [0.3, 0.4) is 0 Å². The summed E-state index contributed by atoms with van der Waals surface area (Å²) >= 11 is 0. The second-order valence-electron chi connectivity index (χ2n) is 3.35. The number of aliphatic hydroxyl groups excluding tert-OH is 1. The van der Waals surface area contributed by atoms with E-state index in [1.165, 1.54) is 18.5 Å². The first-order valence-corrected chi connectivity index (χ1v) is 4.73. The van der Waals surface area contributed by atoms with Crippen LogP contribution in [-0.4, -0.2) is 21.7 Å². The van der Waals surface area contributed by atoms with Crippen molar-refractivity contribution in [3.8, 4) is 0 Å². The van der Waals surface area contributed by atoms with Crippen LogP contribution in [0, 0.1) is 0 Å². The van der Waals surface area contributed by atoms with Gasteiger partial charge in [0, 0.05) is 19.3 Å². The maximum Gasteiger partial charge on any atom is 0.203 e. The van der Waals surface area contributed by atoms with Crippen molar-refractivity contribution >= 4 is 5.95 Å². The van der Waals surface area contributed by atoms with Crippen LogP contribution >= 0.6 is 0 Å². The highest BCUT2D eigenvalue weighted by atomic mass is 16.3. The van der Waals surface area contributed by atoms with Gasteiger partial charge in [-0.25, -0.2) is 4.98 Å². The smallest absolute Gasteiger partial charge is 0.203 e. The Morgan fingerprint density at radius 1 is 1.54 bits per heavy atom. The Balaban J connectivity index is 2.44. The Hall–Kier alpha value is -1.03. The number of aliphatic hydroxyl groups is 1. The van der Waals surface area contributed by atoms with Crippen LogP contribution in [0.1, 0.15) is 24.2 Å². The molecular weight excluding hydrogens is 166 g/mol. The lowest BCUT2D eigenvalue weighted by molar-refractivity contribution is 0.275. The molecule has 1 aliphatic rings. The predicted octanol–water partition coefficient (Wildman–Crippen LogP) is 0.753. The van der Waals surface area contributed by atoms with Gasteiger partial charge in [-0.3, -0.25) is 0 Å². The normalized spacial score (nSPS) is 15.5. The second-order valence-corrected chi connectivity index (χ2v) is 3.35. The topological polar surface area (TPSA) is 50.1 Å². The summed E-state index contributed by atoms with van der Waals surface area (Å²) in [6.07, 6.45) is 3.47. The van der Waals surface area contributed by atoms with Crippen molar-refractivity contribution in [3.05, 3.63) is 11.4 Å². The molecule has 1 aromatic heterocycles. The zero-order chi connectivity index (χ0) is 9.26. The van der Waals surface area contributed by atoms with Gasteiger partial charge in [0.15, 0.2) is 0 Å². The molecule has 0 fully saturated rings. The molecule has 2 N–H and O–H groups in total. The monoisotopic (exact) mass is 181 g/mol. The van der Waals surface area contributed by atoms with Gasteiger partial charge in [-0.2, -0.15) is 0 Å². The fraction of sp³-hybridized carbons (Fsp3) is 0.667. The van der Waals surface area contributed by atoms with Crippen LogP contribution in [0.25, 0.3) is 0 Å². The molecule has 72 valence electrons. The summed E-state index contributed by atoms with van der Waals surface area (Å²) in [7, 11) is 1.87. The summed E-state index contributed by atoms with van der Waals surface area (Å²) in [5.74, 6) is 0.888. The maximum absolute atomic E-state index is 9.10. The highest BCUT2D eigenvalue weighted by Gasteiger charge is 2.18. The van der Waals surface area contributed by atoms with E-state index in [9.17, 15) is 0 Å². The molecule has 4 heteroatoms. The number of nitrogens with one attached hydrogen (secondary N) is 1. The highest BCUT2D eigenvalue weighted by molar-refractivity contribution is 5.34. The van der Waals surface area contributed by atoms with Gasteiger partial charge in [0.25, 0.3) is 0 Å². The predicted molar refractivity (Wildman–Crippen MR) is 50.6 cm³/mol. The standard InChI is InChI=1S/C9H15N3O/c1-10-9-11-7(6-13)8-4-2-3-5-12(8)9/h13H,2-6H2,1H3,(H,10,11). The first-order chi connectivity index (χ1) is 6.36.